The molecule has 4 rings (SSSR count). The van der Waals surface area contributed by atoms with Crippen LogP contribution in [0.1, 0.15) is 126 Å². The van der Waals surface area contributed by atoms with E-state index in [1.165, 1.54) is 18.2 Å². The van der Waals surface area contributed by atoms with Crippen LogP contribution in [0.4, 0.5) is 35.9 Å². The lowest BCUT2D eigenvalue weighted by Gasteiger charge is -2.44. The molecule has 25 heteroatoms. The first-order valence-corrected chi connectivity index (χ1v) is 32.4. The van der Waals surface area contributed by atoms with Crippen molar-refractivity contribution in [1.82, 2.24) is 10.6 Å². The lowest BCUT2D eigenvalue weighted by Crippen LogP contribution is -2.58. The first-order chi connectivity index (χ1) is 31.5. The van der Waals surface area contributed by atoms with Gasteiger partial charge < -0.3 is 38.0 Å². The second-order valence-corrected chi connectivity index (χ2v) is 38.0. The van der Waals surface area contributed by atoms with Crippen molar-refractivity contribution in [2.24, 2.45) is 0 Å². The fraction of sp³-hybridized carbons (Fsp3) is 0.702. The number of carbonyl (C=O) groups excluding carboxylic acids is 2. The Hall–Kier alpha value is -3.30. The lowest BCUT2D eigenvalue weighted by molar-refractivity contribution is -0.0505. The number of rotatable bonds is 10. The van der Waals surface area contributed by atoms with E-state index < -0.39 is 99.5 Å². The van der Waals surface area contributed by atoms with E-state index in [-0.39, 0.29) is 55.9 Å². The zero-order chi connectivity index (χ0) is 55.5. The molecule has 0 fully saturated rings. The minimum absolute atomic E-state index is 0. The fourth-order valence-electron chi connectivity index (χ4n) is 6.30. The van der Waals surface area contributed by atoms with Gasteiger partial charge in [0.25, 0.3) is 0 Å². The molecular weight excluding hydrogens is 1050 g/mol. The summed E-state index contributed by atoms with van der Waals surface area (Å²) in [6.45, 7) is 30.9. The third kappa shape index (κ3) is 19.1. The molecule has 72 heavy (non-hydrogen) atoms. The van der Waals surface area contributed by atoms with Crippen LogP contribution in [0, 0.1) is 0 Å². The number of aryl methyl sites for hydroxylation is 2. The molecule has 2 aromatic rings. The molecule has 2 atom stereocenters. The van der Waals surface area contributed by atoms with E-state index in [0.717, 1.165) is 6.07 Å². The van der Waals surface area contributed by atoms with E-state index in [1.54, 1.807) is 53.7 Å². The summed E-state index contributed by atoms with van der Waals surface area (Å²) in [7, 11) is -15.4. The molecule has 0 aromatic heterocycles. The number of benzene rings is 2. The van der Waals surface area contributed by atoms with Crippen molar-refractivity contribution in [3.05, 3.63) is 58.7 Å². The Morgan fingerprint density at radius 3 is 1.28 bits per heavy atom. The average molecular weight is 1130 g/mol. The maximum absolute atomic E-state index is 13.0. The summed E-state index contributed by atoms with van der Waals surface area (Å²) in [5.74, 6) is -0.902. The number of alkyl halides is 6. The molecule has 0 spiro atoms. The van der Waals surface area contributed by atoms with Gasteiger partial charge >= 0.3 is 43.4 Å². The van der Waals surface area contributed by atoms with E-state index >= 15 is 0 Å². The number of carbonyl (C=O) groups is 2. The van der Waals surface area contributed by atoms with Gasteiger partial charge in [-0.3, -0.25) is 0 Å². The predicted molar refractivity (Wildman–Crippen MR) is 272 cm³/mol. The number of hydrogen-bond acceptors (Lipinski definition) is 12. The lowest BCUT2D eigenvalue weighted by atomic mass is 9.78. The molecular formula is C47H77ClF6N2O12S2Si2. The average Bonchev–Trinajstić information content (AvgIpc) is 3.14. The molecule has 416 valence electrons. The Morgan fingerprint density at radius 1 is 0.639 bits per heavy atom. The zero-order valence-electron chi connectivity index (χ0n) is 43.5. The van der Waals surface area contributed by atoms with Crippen molar-refractivity contribution in [2.45, 2.75) is 199 Å². The third-order valence-corrected chi connectivity index (χ3v) is 24.0. The molecule has 2 unspecified atom stereocenters. The van der Waals surface area contributed by atoms with E-state index in [9.17, 15) is 57.9 Å². The van der Waals surface area contributed by atoms with Crippen LogP contribution < -0.4 is 19.0 Å². The van der Waals surface area contributed by atoms with Crippen molar-refractivity contribution >= 4 is 59.2 Å². The fourth-order valence-corrected chi connectivity index (χ4v) is 8.35. The van der Waals surface area contributed by atoms with Gasteiger partial charge in [0, 0.05) is 24.0 Å². The molecule has 0 radical (unpaired) electrons. The van der Waals surface area contributed by atoms with Crippen LogP contribution >= 0.6 is 11.1 Å². The van der Waals surface area contributed by atoms with Crippen LogP contribution in [-0.2, 0) is 59.8 Å². The minimum Gasteiger partial charge on any atom is -0.444 e. The normalized spacial score (nSPS) is 19.0. The highest BCUT2D eigenvalue weighted by Gasteiger charge is 2.51. The molecule has 0 aliphatic heterocycles. The van der Waals surface area contributed by atoms with Gasteiger partial charge in [0.2, 0.25) is 0 Å². The molecule has 0 saturated heterocycles. The monoisotopic (exact) mass is 1130 g/mol. The predicted octanol–water partition coefficient (Wildman–Crippen LogP) is 12.2. The SMILES string of the molecule is C.CC(C)(C)OC(=O)NC1(CO)CCc2cccc(OS(=O)(=O)C(F)(F)F)c2C1.CC(C)(C)OC(=O)NC1(CO[Si](C)(C)C(C)(C)C)CCc2cccc(OS(=O)(=O)C(F)(F)F)c2C1.CC(C)(C)[Si](C)(C)Cl. The number of aliphatic hydroxyl groups excluding tert-OH is 1. The highest BCUT2D eigenvalue weighted by Crippen LogP contribution is 2.42. The Balaban J connectivity index is 0.000000627. The number of amides is 2. The van der Waals surface area contributed by atoms with Crippen LogP contribution in [-0.4, -0.2) is 96.3 Å². The van der Waals surface area contributed by atoms with Crippen molar-refractivity contribution in [1.29, 1.82) is 0 Å². The van der Waals surface area contributed by atoms with Gasteiger partial charge in [0.05, 0.1) is 24.3 Å². The van der Waals surface area contributed by atoms with E-state index in [0.29, 0.717) is 29.0 Å². The number of halogens is 7. The maximum atomic E-state index is 13.0. The van der Waals surface area contributed by atoms with E-state index in [1.807, 2.05) is 0 Å². The highest BCUT2D eigenvalue weighted by atomic mass is 35.6. The summed E-state index contributed by atoms with van der Waals surface area (Å²) in [4.78, 5) is 24.9. The topological polar surface area (TPSA) is 193 Å². The van der Waals surface area contributed by atoms with E-state index in [4.69, 9.17) is 25.0 Å². The van der Waals surface area contributed by atoms with Crippen molar-refractivity contribution in [2.75, 3.05) is 13.2 Å². The quantitative estimate of drug-likeness (QED) is 0.0671. The summed E-state index contributed by atoms with van der Waals surface area (Å²) < 4.78 is 149. The molecule has 0 heterocycles. The number of hydrogen-bond donors (Lipinski definition) is 3. The summed E-state index contributed by atoms with van der Waals surface area (Å²) in [6.07, 6.45) is -0.243. The summed E-state index contributed by atoms with van der Waals surface area (Å²) in [6, 6.07) is 8.43. The highest BCUT2D eigenvalue weighted by molar-refractivity contribution is 7.88. The maximum Gasteiger partial charge on any atom is 0.534 e. The van der Waals surface area contributed by atoms with Gasteiger partial charge in [-0.05, 0) is 114 Å². The Morgan fingerprint density at radius 2 is 0.972 bits per heavy atom. The van der Waals surface area contributed by atoms with Gasteiger partial charge in [-0.25, -0.2) is 9.59 Å². The van der Waals surface area contributed by atoms with Crippen LogP contribution in [0.5, 0.6) is 11.5 Å². The number of nitrogens with one attached hydrogen (secondary N) is 2. The van der Waals surface area contributed by atoms with Crippen LogP contribution in [0.15, 0.2) is 36.4 Å². The standard InChI is InChI=1S/C23H36F3NO6SSi.C17H22F3NO6S.C6H15ClSi.CH4/c1-20(2,3)32-19(28)27-22(15-31-35(7,8)21(4,5)6)13-12-16-10-9-11-18(17(16)14-22)33-34(29,30)23(24,25)26;1-15(2,3)26-14(23)21-16(10-22)8-7-11-5-4-6-13(12(11)9-16)27-28(24,25)17(18,19)20;1-6(2,3)8(4,5)7;/h9-11H,12-15H2,1-8H3,(H,27,28);4-6,22H,7-10H2,1-3H3,(H,21,23);1-5H3;1H4. The van der Waals surface area contributed by atoms with E-state index in [2.05, 4.69) is 86.7 Å². The molecule has 0 bridgehead atoms. The second kappa shape index (κ2) is 23.3. The number of fused-ring (bicyclic) bond motifs is 2. The Bertz CT molecular complexity index is 2400. The minimum atomic E-state index is -5.86. The van der Waals surface area contributed by atoms with Gasteiger partial charge in [0.1, 0.15) is 22.7 Å². The van der Waals surface area contributed by atoms with Crippen LogP contribution in [0.25, 0.3) is 0 Å². The third-order valence-electron chi connectivity index (χ3n) is 12.3. The number of aliphatic hydroxyl groups is 1. The van der Waals surface area contributed by atoms with Crippen molar-refractivity contribution in [3.63, 3.8) is 0 Å². The van der Waals surface area contributed by atoms with Crippen molar-refractivity contribution in [3.8, 4) is 11.5 Å². The molecule has 2 aromatic carbocycles. The van der Waals surface area contributed by atoms with Gasteiger partial charge in [-0.1, -0.05) is 86.3 Å². The molecule has 0 saturated carbocycles. The molecule has 14 nitrogen and oxygen atoms in total. The van der Waals surface area contributed by atoms with Gasteiger partial charge in [-0.2, -0.15) is 54.3 Å². The first kappa shape index (κ1) is 66.7. The van der Waals surface area contributed by atoms with Gasteiger partial charge in [0.15, 0.2) is 15.7 Å². The number of alkyl carbamates (subject to hydrolysis) is 2. The molecule has 2 aliphatic rings. The number of ether oxygens (including phenoxy) is 2. The first-order valence-electron chi connectivity index (χ1n) is 22.7. The van der Waals surface area contributed by atoms with Crippen LogP contribution in [0.2, 0.25) is 36.3 Å². The van der Waals surface area contributed by atoms with Crippen molar-refractivity contribution < 1.29 is 80.1 Å². The Kier molecular flexibility index (Phi) is 21.6. The summed E-state index contributed by atoms with van der Waals surface area (Å²) >= 11 is 6.15. The molecule has 2 amide bonds. The molecule has 3 N–H and O–H groups in total. The Labute approximate surface area is 430 Å². The van der Waals surface area contributed by atoms with Crippen LogP contribution in [0.3, 0.4) is 0 Å². The second-order valence-electron chi connectivity index (χ2n) is 22.9. The molecule has 2 aliphatic carbocycles. The summed E-state index contributed by atoms with van der Waals surface area (Å²) in [5.41, 5.74) is -13.3. The smallest absolute Gasteiger partial charge is 0.444 e. The van der Waals surface area contributed by atoms with Gasteiger partial charge in [-0.15, -0.1) is 0 Å². The zero-order valence-corrected chi connectivity index (χ0v) is 47.9. The largest absolute Gasteiger partial charge is 0.534 e. The summed E-state index contributed by atoms with van der Waals surface area (Å²) in [5, 5.41) is 15.5.